The van der Waals surface area contributed by atoms with Gasteiger partial charge in [-0.05, 0) is 39.7 Å². The van der Waals surface area contributed by atoms with Gasteiger partial charge in [0.25, 0.3) is 5.91 Å². The van der Waals surface area contributed by atoms with E-state index in [0.717, 1.165) is 0 Å². The van der Waals surface area contributed by atoms with Gasteiger partial charge >= 0.3 is 0 Å². The Hall–Kier alpha value is -1.48. The molecule has 0 radical (unpaired) electrons. The van der Waals surface area contributed by atoms with Crippen LogP contribution in [0.1, 0.15) is 15.9 Å². The van der Waals surface area contributed by atoms with Gasteiger partial charge in [0.15, 0.2) is 4.34 Å². The molecule has 0 bridgehead atoms. The first kappa shape index (κ1) is 18.3. The maximum atomic E-state index is 13.9. The molecule has 0 saturated carbocycles. The molecule has 2 aromatic carbocycles. The zero-order valence-electron chi connectivity index (χ0n) is 12.5. The van der Waals surface area contributed by atoms with Crippen molar-refractivity contribution in [2.45, 2.75) is 10.1 Å². The molecule has 4 nitrogen and oxygen atoms in total. The third-order valence-corrected chi connectivity index (χ3v) is 6.13. The number of nitrogens with zero attached hydrogens (tertiary/aromatic N) is 2. The van der Waals surface area contributed by atoms with E-state index in [1.807, 2.05) is 6.07 Å². The molecule has 0 aliphatic heterocycles. The Balaban J connectivity index is 1.64. The molecule has 3 rings (SSSR count). The van der Waals surface area contributed by atoms with Gasteiger partial charge in [0.2, 0.25) is 5.13 Å². The Morgan fingerprint density at radius 1 is 1.24 bits per heavy atom. The minimum absolute atomic E-state index is 0.0942. The fraction of sp³-hybridized carbons (Fsp3) is 0.0625. The predicted octanol–water partition coefficient (Wildman–Crippen LogP) is 5.64. The number of aromatic nitrogens is 2. The van der Waals surface area contributed by atoms with Gasteiger partial charge in [-0.1, -0.05) is 59.0 Å². The summed E-state index contributed by atoms with van der Waals surface area (Å²) in [6.45, 7) is 0. The molecule has 9 heteroatoms. The lowest BCUT2D eigenvalue weighted by atomic mass is 10.2. The molecule has 1 heterocycles. The Morgan fingerprint density at radius 2 is 2.04 bits per heavy atom. The van der Waals surface area contributed by atoms with Gasteiger partial charge in [0.1, 0.15) is 5.82 Å². The molecule has 0 unspecified atom stereocenters. The normalized spacial score (nSPS) is 10.7. The summed E-state index contributed by atoms with van der Waals surface area (Å²) in [4.78, 5) is 12.2. The van der Waals surface area contributed by atoms with E-state index in [4.69, 9.17) is 11.6 Å². The van der Waals surface area contributed by atoms with E-state index in [9.17, 15) is 9.18 Å². The van der Waals surface area contributed by atoms with Crippen molar-refractivity contribution in [1.29, 1.82) is 0 Å². The number of carbonyl (C=O) groups is 1. The van der Waals surface area contributed by atoms with Gasteiger partial charge in [-0.15, -0.1) is 10.2 Å². The van der Waals surface area contributed by atoms with Crippen molar-refractivity contribution < 1.29 is 9.18 Å². The first-order valence-corrected chi connectivity index (χ1v) is 9.97. The molecule has 1 N–H and O–H groups in total. The lowest BCUT2D eigenvalue weighted by Gasteiger charge is -2.03. The van der Waals surface area contributed by atoms with Crippen molar-refractivity contribution in [1.82, 2.24) is 10.2 Å². The van der Waals surface area contributed by atoms with Crippen LogP contribution in [-0.2, 0) is 5.75 Å². The zero-order valence-corrected chi connectivity index (χ0v) is 16.5. The minimum Gasteiger partial charge on any atom is -0.296 e. The van der Waals surface area contributed by atoms with Crippen LogP contribution in [0.5, 0.6) is 0 Å². The lowest BCUT2D eigenvalue weighted by Crippen LogP contribution is -2.12. The third-order valence-electron chi connectivity index (χ3n) is 3.13. The molecule has 0 aliphatic rings. The summed E-state index contributed by atoms with van der Waals surface area (Å²) in [6.07, 6.45) is 0. The molecular weight excluding hydrogens is 449 g/mol. The van der Waals surface area contributed by atoms with Crippen LogP contribution in [0.3, 0.4) is 0 Å². The van der Waals surface area contributed by atoms with Crippen LogP contribution in [0.2, 0.25) is 5.02 Å². The topological polar surface area (TPSA) is 54.9 Å². The van der Waals surface area contributed by atoms with E-state index in [-0.39, 0.29) is 10.9 Å². The summed E-state index contributed by atoms with van der Waals surface area (Å²) < 4.78 is 15.2. The summed E-state index contributed by atoms with van der Waals surface area (Å²) in [6, 6.07) is 12.0. The third kappa shape index (κ3) is 4.58. The summed E-state index contributed by atoms with van der Waals surface area (Å²) in [5.41, 5.74) is 0.999. The van der Waals surface area contributed by atoms with Crippen LogP contribution in [0.25, 0.3) is 0 Å². The maximum absolute atomic E-state index is 13.9. The highest BCUT2D eigenvalue weighted by Crippen LogP contribution is 2.30. The van der Waals surface area contributed by atoms with Crippen molar-refractivity contribution in [3.63, 3.8) is 0 Å². The minimum atomic E-state index is -0.427. The smallest absolute Gasteiger partial charge is 0.258 e. The SMILES string of the molecule is O=C(Nc1nnc(SCc2cccc(Cl)c2F)s1)c1ccccc1Br. The standard InChI is InChI=1S/C16H10BrClFN3OS2/c17-11-6-2-1-5-10(11)14(23)20-15-21-22-16(25-15)24-8-9-4-3-7-12(18)13(9)19/h1-7H,8H2,(H,20,21,23). The van der Waals surface area contributed by atoms with E-state index in [1.54, 1.807) is 30.3 Å². The molecule has 3 aromatic rings. The van der Waals surface area contributed by atoms with Gasteiger partial charge in [-0.25, -0.2) is 4.39 Å². The lowest BCUT2D eigenvalue weighted by molar-refractivity contribution is 0.102. The maximum Gasteiger partial charge on any atom is 0.258 e. The number of hydrogen-bond donors (Lipinski definition) is 1. The number of benzene rings is 2. The summed E-state index contributed by atoms with van der Waals surface area (Å²) in [5.74, 6) is -0.330. The summed E-state index contributed by atoms with van der Waals surface area (Å²) in [5, 5.41) is 11.1. The van der Waals surface area contributed by atoms with Crippen LogP contribution in [-0.4, -0.2) is 16.1 Å². The second kappa shape index (κ2) is 8.27. The van der Waals surface area contributed by atoms with Crippen LogP contribution in [0.15, 0.2) is 51.3 Å². The Bertz CT molecular complexity index is 922. The van der Waals surface area contributed by atoms with E-state index >= 15 is 0 Å². The van der Waals surface area contributed by atoms with Crippen molar-refractivity contribution >= 4 is 61.7 Å². The number of carbonyl (C=O) groups excluding carboxylic acids is 1. The van der Waals surface area contributed by atoms with Crippen molar-refractivity contribution in [3.8, 4) is 0 Å². The van der Waals surface area contributed by atoms with Gasteiger partial charge in [0.05, 0.1) is 10.6 Å². The van der Waals surface area contributed by atoms with E-state index in [1.165, 1.54) is 29.2 Å². The molecule has 0 saturated heterocycles. The van der Waals surface area contributed by atoms with Crippen molar-refractivity contribution in [2.75, 3.05) is 5.32 Å². The molecule has 128 valence electrons. The first-order chi connectivity index (χ1) is 12.0. The Kier molecular flexibility index (Phi) is 6.06. The van der Waals surface area contributed by atoms with E-state index in [0.29, 0.717) is 30.8 Å². The molecular formula is C16H10BrClFN3OS2. The average molecular weight is 459 g/mol. The predicted molar refractivity (Wildman–Crippen MR) is 103 cm³/mol. The number of nitrogens with one attached hydrogen (secondary N) is 1. The monoisotopic (exact) mass is 457 g/mol. The highest BCUT2D eigenvalue weighted by Gasteiger charge is 2.13. The van der Waals surface area contributed by atoms with Gasteiger partial charge in [-0.2, -0.15) is 0 Å². The molecule has 1 aromatic heterocycles. The summed E-state index contributed by atoms with van der Waals surface area (Å²) in [7, 11) is 0. The van der Waals surface area contributed by atoms with Crippen molar-refractivity contribution in [3.05, 3.63) is 68.9 Å². The Labute approximate surface area is 164 Å². The Morgan fingerprint density at radius 3 is 2.84 bits per heavy atom. The van der Waals surface area contributed by atoms with E-state index in [2.05, 4.69) is 31.4 Å². The van der Waals surface area contributed by atoms with Gasteiger partial charge < -0.3 is 0 Å². The number of thioether (sulfide) groups is 1. The van der Waals surface area contributed by atoms with Crippen LogP contribution in [0.4, 0.5) is 9.52 Å². The second-order valence-electron chi connectivity index (χ2n) is 4.81. The quantitative estimate of drug-likeness (QED) is 0.397. The average Bonchev–Trinajstić information content (AvgIpc) is 3.04. The molecule has 0 spiro atoms. The number of amides is 1. The highest BCUT2D eigenvalue weighted by molar-refractivity contribution is 9.10. The van der Waals surface area contributed by atoms with E-state index < -0.39 is 5.82 Å². The number of rotatable bonds is 5. The molecule has 0 atom stereocenters. The molecule has 0 fully saturated rings. The van der Waals surface area contributed by atoms with Crippen LogP contribution < -0.4 is 5.32 Å². The number of halogens is 3. The van der Waals surface area contributed by atoms with Gasteiger partial charge in [0, 0.05) is 10.2 Å². The molecule has 1 amide bonds. The van der Waals surface area contributed by atoms with Gasteiger partial charge in [-0.3, -0.25) is 10.1 Å². The number of hydrogen-bond acceptors (Lipinski definition) is 5. The fourth-order valence-electron chi connectivity index (χ4n) is 1.93. The second-order valence-corrected chi connectivity index (χ2v) is 8.27. The molecule has 25 heavy (non-hydrogen) atoms. The highest BCUT2D eigenvalue weighted by atomic mass is 79.9. The van der Waals surface area contributed by atoms with Crippen molar-refractivity contribution in [2.24, 2.45) is 0 Å². The number of anilines is 1. The summed E-state index contributed by atoms with van der Waals surface area (Å²) >= 11 is 11.7. The largest absolute Gasteiger partial charge is 0.296 e. The van der Waals surface area contributed by atoms with Crippen LogP contribution >= 0.6 is 50.6 Å². The molecule has 0 aliphatic carbocycles. The fourth-order valence-corrected chi connectivity index (χ4v) is 4.31. The first-order valence-electron chi connectivity index (χ1n) is 6.99. The van der Waals surface area contributed by atoms with Crippen LogP contribution in [0, 0.1) is 5.82 Å². The zero-order chi connectivity index (χ0) is 17.8.